The molecule has 1 saturated carbocycles. The molecule has 0 radical (unpaired) electrons. The first kappa shape index (κ1) is 16.8. The molecule has 0 heterocycles. The molecule has 0 atom stereocenters. The van der Waals surface area contributed by atoms with Crippen LogP contribution >= 0.6 is 0 Å². The lowest BCUT2D eigenvalue weighted by Gasteiger charge is -2.41. The molecule has 0 unspecified atom stereocenters. The van der Waals surface area contributed by atoms with Gasteiger partial charge in [0.1, 0.15) is 0 Å². The Labute approximate surface area is 121 Å². The molecule has 1 N–H and O–H groups in total. The van der Waals surface area contributed by atoms with Crippen LogP contribution in [-0.4, -0.2) is 51.6 Å². The van der Waals surface area contributed by atoms with Crippen molar-refractivity contribution in [1.82, 2.24) is 9.80 Å². The fourth-order valence-corrected chi connectivity index (χ4v) is 2.85. The van der Waals surface area contributed by atoms with E-state index in [1.54, 1.807) is 4.90 Å². The van der Waals surface area contributed by atoms with Gasteiger partial charge in [0, 0.05) is 24.7 Å². The van der Waals surface area contributed by atoms with Crippen LogP contribution in [0.1, 0.15) is 59.8 Å². The zero-order valence-corrected chi connectivity index (χ0v) is 13.2. The minimum absolute atomic E-state index is 0.00870. The van der Waals surface area contributed by atoms with Crippen LogP contribution < -0.4 is 0 Å². The van der Waals surface area contributed by atoms with Gasteiger partial charge in [-0.1, -0.05) is 12.8 Å². The first-order valence-corrected chi connectivity index (χ1v) is 7.57. The number of amides is 2. The summed E-state index contributed by atoms with van der Waals surface area (Å²) in [5.41, 5.74) is -0.363. The lowest BCUT2D eigenvalue weighted by atomic mass is 10.1. The highest BCUT2D eigenvalue weighted by atomic mass is 16.4. The average Bonchev–Trinajstić information content (AvgIpc) is 2.81. The van der Waals surface area contributed by atoms with E-state index in [-0.39, 0.29) is 24.5 Å². The summed E-state index contributed by atoms with van der Waals surface area (Å²) in [5, 5.41) is 8.87. The Balaban J connectivity index is 2.81. The van der Waals surface area contributed by atoms with Crippen molar-refractivity contribution in [1.29, 1.82) is 0 Å². The van der Waals surface area contributed by atoms with E-state index >= 15 is 0 Å². The largest absolute Gasteiger partial charge is 0.481 e. The summed E-state index contributed by atoms with van der Waals surface area (Å²) in [6.07, 6.45) is 4.48. The van der Waals surface area contributed by atoms with Crippen molar-refractivity contribution in [3.8, 4) is 0 Å². The minimum atomic E-state index is -0.865. The van der Waals surface area contributed by atoms with Crippen molar-refractivity contribution in [2.75, 3.05) is 13.1 Å². The van der Waals surface area contributed by atoms with Crippen LogP contribution in [-0.2, 0) is 4.79 Å². The van der Waals surface area contributed by atoms with Crippen LogP contribution in [0, 0.1) is 0 Å². The first-order valence-electron chi connectivity index (χ1n) is 7.57. The first-order chi connectivity index (χ1) is 9.27. The van der Waals surface area contributed by atoms with Gasteiger partial charge in [-0.15, -0.1) is 0 Å². The van der Waals surface area contributed by atoms with Crippen molar-refractivity contribution in [3.63, 3.8) is 0 Å². The third-order valence-corrected chi connectivity index (χ3v) is 3.94. The maximum Gasteiger partial charge on any atom is 0.320 e. The van der Waals surface area contributed by atoms with Crippen LogP contribution in [0.3, 0.4) is 0 Å². The average molecular weight is 284 g/mol. The predicted octanol–water partition coefficient (Wildman–Crippen LogP) is 2.95. The Morgan fingerprint density at radius 1 is 1.20 bits per heavy atom. The van der Waals surface area contributed by atoms with E-state index in [0.29, 0.717) is 12.6 Å². The molecule has 0 aromatic heterocycles. The van der Waals surface area contributed by atoms with Gasteiger partial charge in [-0.2, -0.15) is 0 Å². The standard InChI is InChI=1S/C15H28N2O3/c1-5-16(12-8-6-7-9-12)14(20)17(15(2,3)4)11-10-13(18)19/h12H,5-11H2,1-4H3,(H,18,19). The summed E-state index contributed by atoms with van der Waals surface area (Å²) in [4.78, 5) is 27.2. The number of urea groups is 1. The van der Waals surface area contributed by atoms with E-state index in [9.17, 15) is 9.59 Å². The quantitative estimate of drug-likeness (QED) is 0.844. The van der Waals surface area contributed by atoms with Gasteiger partial charge in [-0.25, -0.2) is 4.79 Å². The number of hydrogen-bond donors (Lipinski definition) is 1. The molecule has 0 aromatic rings. The Bertz CT molecular complexity index is 344. The summed E-state index contributed by atoms with van der Waals surface area (Å²) in [6, 6.07) is 0.301. The molecule has 5 heteroatoms. The Hall–Kier alpha value is -1.26. The SMILES string of the molecule is CCN(C(=O)N(CCC(=O)O)C(C)(C)C)C1CCCC1. The molecule has 116 valence electrons. The maximum absolute atomic E-state index is 12.8. The van der Waals surface area contributed by atoms with Crippen molar-refractivity contribution in [2.45, 2.75) is 71.4 Å². The number of aliphatic carboxylic acids is 1. The number of carboxylic acid groups (broad SMARTS) is 1. The van der Waals surface area contributed by atoms with Crippen LogP contribution in [0.25, 0.3) is 0 Å². The summed E-state index contributed by atoms with van der Waals surface area (Å²) in [5.74, 6) is -0.865. The molecule has 1 aliphatic carbocycles. The van der Waals surface area contributed by atoms with E-state index < -0.39 is 5.97 Å². The normalized spacial score (nSPS) is 16.2. The summed E-state index contributed by atoms with van der Waals surface area (Å²) in [6.45, 7) is 8.80. The lowest BCUT2D eigenvalue weighted by Crippen LogP contribution is -2.54. The Morgan fingerprint density at radius 3 is 2.15 bits per heavy atom. The zero-order valence-electron chi connectivity index (χ0n) is 13.2. The van der Waals surface area contributed by atoms with Gasteiger partial charge < -0.3 is 14.9 Å². The monoisotopic (exact) mass is 284 g/mol. The molecule has 0 saturated heterocycles. The fraction of sp³-hybridized carbons (Fsp3) is 0.867. The van der Waals surface area contributed by atoms with E-state index in [0.717, 1.165) is 12.8 Å². The van der Waals surface area contributed by atoms with E-state index in [4.69, 9.17) is 5.11 Å². The molecule has 20 heavy (non-hydrogen) atoms. The van der Waals surface area contributed by atoms with Gasteiger partial charge in [0.15, 0.2) is 0 Å². The topological polar surface area (TPSA) is 60.9 Å². The number of nitrogens with zero attached hydrogens (tertiary/aromatic N) is 2. The molecule has 2 amide bonds. The van der Waals surface area contributed by atoms with Gasteiger partial charge >= 0.3 is 12.0 Å². The molecule has 1 fully saturated rings. The van der Waals surface area contributed by atoms with Crippen LogP contribution in [0.2, 0.25) is 0 Å². The minimum Gasteiger partial charge on any atom is -0.481 e. The molecule has 0 aromatic carbocycles. The predicted molar refractivity (Wildman–Crippen MR) is 78.7 cm³/mol. The third kappa shape index (κ3) is 4.39. The highest BCUT2D eigenvalue weighted by Crippen LogP contribution is 2.26. The van der Waals surface area contributed by atoms with Crippen molar-refractivity contribution in [3.05, 3.63) is 0 Å². The molecule has 5 nitrogen and oxygen atoms in total. The molecular formula is C15H28N2O3. The van der Waals surface area contributed by atoms with Crippen molar-refractivity contribution >= 4 is 12.0 Å². The maximum atomic E-state index is 12.8. The van der Waals surface area contributed by atoms with E-state index in [2.05, 4.69) is 0 Å². The van der Waals surface area contributed by atoms with Gasteiger partial charge in [-0.3, -0.25) is 4.79 Å². The molecule has 1 aliphatic rings. The molecule has 0 aliphatic heterocycles. The van der Waals surface area contributed by atoms with E-state index in [1.807, 2.05) is 32.6 Å². The van der Waals surface area contributed by atoms with Gasteiger partial charge in [0.05, 0.1) is 6.42 Å². The van der Waals surface area contributed by atoms with E-state index in [1.165, 1.54) is 12.8 Å². The number of rotatable bonds is 5. The smallest absolute Gasteiger partial charge is 0.320 e. The van der Waals surface area contributed by atoms with Crippen molar-refractivity contribution < 1.29 is 14.7 Å². The molecule has 1 rings (SSSR count). The lowest BCUT2D eigenvalue weighted by molar-refractivity contribution is -0.137. The molecule has 0 bridgehead atoms. The summed E-state index contributed by atoms with van der Waals surface area (Å²) >= 11 is 0. The second kappa shape index (κ2) is 6.95. The number of hydrogen-bond acceptors (Lipinski definition) is 2. The fourth-order valence-electron chi connectivity index (χ4n) is 2.85. The Morgan fingerprint density at radius 2 is 1.75 bits per heavy atom. The van der Waals surface area contributed by atoms with Gasteiger partial charge in [-0.05, 0) is 40.5 Å². The highest BCUT2D eigenvalue weighted by Gasteiger charge is 2.33. The van der Waals surface area contributed by atoms with Gasteiger partial charge in [0.2, 0.25) is 0 Å². The Kier molecular flexibility index (Phi) is 5.84. The van der Waals surface area contributed by atoms with Crippen LogP contribution in [0.5, 0.6) is 0 Å². The summed E-state index contributed by atoms with van der Waals surface area (Å²) in [7, 11) is 0. The number of carboxylic acids is 1. The number of carbonyl (C=O) groups excluding carboxylic acids is 1. The zero-order chi connectivity index (χ0) is 15.3. The second-order valence-corrected chi connectivity index (χ2v) is 6.47. The summed E-state index contributed by atoms with van der Waals surface area (Å²) < 4.78 is 0. The van der Waals surface area contributed by atoms with Crippen molar-refractivity contribution in [2.24, 2.45) is 0 Å². The molecular weight excluding hydrogens is 256 g/mol. The van der Waals surface area contributed by atoms with Crippen LogP contribution in [0.15, 0.2) is 0 Å². The second-order valence-electron chi connectivity index (χ2n) is 6.47. The van der Waals surface area contributed by atoms with Gasteiger partial charge in [0.25, 0.3) is 0 Å². The number of carbonyl (C=O) groups is 2. The highest BCUT2D eigenvalue weighted by molar-refractivity contribution is 5.76. The van der Waals surface area contributed by atoms with Crippen LogP contribution in [0.4, 0.5) is 4.79 Å². The third-order valence-electron chi connectivity index (χ3n) is 3.94. The molecule has 0 spiro atoms.